The van der Waals surface area contributed by atoms with Crippen molar-refractivity contribution in [3.8, 4) is 22.3 Å². The van der Waals surface area contributed by atoms with Crippen LogP contribution in [0.5, 0.6) is 0 Å². The molecule has 0 aliphatic carbocycles. The van der Waals surface area contributed by atoms with Crippen LogP contribution in [0, 0.1) is 0 Å². The van der Waals surface area contributed by atoms with Gasteiger partial charge in [-0.1, -0.05) is 113 Å². The SMILES string of the molecule is CCCCCCc1cc(-c2ccc(B(O)O)cc2)c(CCCCCC)cc1-c1ccc(B(O)O)cc1. The van der Waals surface area contributed by atoms with Crippen molar-refractivity contribution in [1.29, 1.82) is 0 Å². The summed E-state index contributed by atoms with van der Waals surface area (Å²) in [6.45, 7) is 4.45. The maximum absolute atomic E-state index is 9.53. The number of aryl methyl sites for hydroxylation is 2. The summed E-state index contributed by atoms with van der Waals surface area (Å²) in [5.41, 5.74) is 8.17. The van der Waals surface area contributed by atoms with Crippen LogP contribution in [0.1, 0.15) is 76.3 Å². The Balaban J connectivity index is 2.06. The third-order valence-electron chi connectivity index (χ3n) is 6.97. The molecule has 0 spiro atoms. The summed E-state index contributed by atoms with van der Waals surface area (Å²) >= 11 is 0. The molecule has 0 saturated heterocycles. The molecule has 0 aromatic heterocycles. The molecule has 0 aliphatic rings. The van der Waals surface area contributed by atoms with Crippen LogP contribution >= 0.6 is 0 Å². The van der Waals surface area contributed by atoms with Gasteiger partial charge < -0.3 is 20.1 Å². The lowest BCUT2D eigenvalue weighted by Crippen LogP contribution is -2.29. The van der Waals surface area contributed by atoms with Gasteiger partial charge in [-0.3, -0.25) is 0 Å². The Bertz CT molecular complexity index is 976. The summed E-state index contributed by atoms with van der Waals surface area (Å²) in [6.07, 6.45) is 11.5. The fraction of sp³-hybridized carbons (Fsp3) is 0.400. The summed E-state index contributed by atoms with van der Waals surface area (Å²) in [5, 5.41) is 38.1. The van der Waals surface area contributed by atoms with Gasteiger partial charge in [0.2, 0.25) is 0 Å². The van der Waals surface area contributed by atoms with E-state index in [1.54, 1.807) is 24.3 Å². The molecule has 0 atom stereocenters. The molecule has 3 aromatic rings. The fourth-order valence-electron chi connectivity index (χ4n) is 4.79. The van der Waals surface area contributed by atoms with Crippen molar-refractivity contribution in [2.24, 2.45) is 0 Å². The molecule has 6 heteroatoms. The molecule has 0 aliphatic heterocycles. The highest BCUT2D eigenvalue weighted by Crippen LogP contribution is 2.34. The Kier molecular flexibility index (Phi) is 11.3. The van der Waals surface area contributed by atoms with E-state index in [2.05, 4.69) is 26.0 Å². The second-order valence-electron chi connectivity index (χ2n) is 9.78. The first-order valence-electron chi connectivity index (χ1n) is 13.5. The van der Waals surface area contributed by atoms with Crippen molar-refractivity contribution in [3.05, 3.63) is 71.8 Å². The van der Waals surface area contributed by atoms with Crippen LogP contribution in [-0.4, -0.2) is 34.3 Å². The number of hydrogen-bond acceptors (Lipinski definition) is 4. The highest BCUT2D eigenvalue weighted by atomic mass is 16.4. The number of unbranched alkanes of at least 4 members (excludes halogenated alkanes) is 6. The first-order chi connectivity index (χ1) is 17.4. The van der Waals surface area contributed by atoms with Crippen molar-refractivity contribution in [2.45, 2.75) is 78.1 Å². The lowest BCUT2D eigenvalue weighted by Gasteiger charge is -2.18. The highest BCUT2D eigenvalue weighted by Gasteiger charge is 2.16. The van der Waals surface area contributed by atoms with E-state index in [-0.39, 0.29) is 0 Å². The third kappa shape index (κ3) is 7.81. The Hall–Kier alpha value is -2.37. The van der Waals surface area contributed by atoms with E-state index in [4.69, 9.17) is 0 Å². The fourth-order valence-corrected chi connectivity index (χ4v) is 4.79. The zero-order valence-electron chi connectivity index (χ0n) is 21.8. The van der Waals surface area contributed by atoms with E-state index in [0.717, 1.165) is 36.8 Å². The Morgan fingerprint density at radius 3 is 1.17 bits per heavy atom. The van der Waals surface area contributed by atoms with E-state index in [1.165, 1.54) is 60.8 Å². The molecule has 36 heavy (non-hydrogen) atoms. The van der Waals surface area contributed by atoms with E-state index in [9.17, 15) is 20.1 Å². The highest BCUT2D eigenvalue weighted by molar-refractivity contribution is 6.58. The number of benzene rings is 3. The summed E-state index contributed by atoms with van der Waals surface area (Å²) in [4.78, 5) is 0. The zero-order chi connectivity index (χ0) is 25.9. The van der Waals surface area contributed by atoms with Crippen LogP contribution in [0.4, 0.5) is 0 Å². The smallest absolute Gasteiger partial charge is 0.423 e. The van der Waals surface area contributed by atoms with Crippen molar-refractivity contribution < 1.29 is 20.1 Å². The van der Waals surface area contributed by atoms with Gasteiger partial charge in [-0.05, 0) is 70.0 Å². The van der Waals surface area contributed by atoms with E-state index >= 15 is 0 Å². The Labute approximate surface area is 217 Å². The second-order valence-corrected chi connectivity index (χ2v) is 9.78. The van der Waals surface area contributed by atoms with Gasteiger partial charge >= 0.3 is 14.2 Å². The molecule has 0 amide bonds. The minimum Gasteiger partial charge on any atom is -0.423 e. The van der Waals surface area contributed by atoms with Gasteiger partial charge in [-0.2, -0.15) is 0 Å². The first kappa shape index (κ1) is 28.2. The monoisotopic (exact) mass is 486 g/mol. The van der Waals surface area contributed by atoms with Crippen LogP contribution in [0.15, 0.2) is 60.7 Å². The molecule has 0 fully saturated rings. The van der Waals surface area contributed by atoms with Crippen molar-refractivity contribution in [3.63, 3.8) is 0 Å². The molecular weight excluding hydrogens is 446 g/mol. The van der Waals surface area contributed by atoms with Crippen LogP contribution in [0.25, 0.3) is 22.3 Å². The first-order valence-corrected chi connectivity index (χ1v) is 13.5. The number of hydrogen-bond donors (Lipinski definition) is 4. The molecule has 4 N–H and O–H groups in total. The van der Waals surface area contributed by atoms with Gasteiger partial charge in [0.25, 0.3) is 0 Å². The molecule has 0 saturated carbocycles. The maximum atomic E-state index is 9.53. The lowest BCUT2D eigenvalue weighted by atomic mass is 9.78. The Morgan fingerprint density at radius 2 is 0.861 bits per heavy atom. The van der Waals surface area contributed by atoms with Gasteiger partial charge in [0, 0.05) is 0 Å². The average Bonchev–Trinajstić information content (AvgIpc) is 2.89. The molecule has 0 unspecified atom stereocenters. The Morgan fingerprint density at radius 1 is 0.500 bits per heavy atom. The molecule has 3 rings (SSSR count). The quantitative estimate of drug-likeness (QED) is 0.198. The van der Waals surface area contributed by atoms with Crippen LogP contribution in [0.3, 0.4) is 0 Å². The standard InChI is InChI=1S/C30H40B2O4/c1-3-5-7-9-11-25-21-30(24-15-19-28(20-16-24)32(35)36)26(12-10-8-6-4-2)22-29(25)23-13-17-27(18-14-23)31(33)34/h13-22,33-36H,3-12H2,1-2H3. The predicted molar refractivity (Wildman–Crippen MR) is 153 cm³/mol. The summed E-state index contributed by atoms with van der Waals surface area (Å²) < 4.78 is 0. The van der Waals surface area contributed by atoms with Crippen molar-refractivity contribution >= 4 is 25.2 Å². The van der Waals surface area contributed by atoms with E-state index < -0.39 is 14.2 Å². The predicted octanol–water partition coefficient (Wildman–Crippen LogP) is 4.63. The summed E-state index contributed by atoms with van der Waals surface area (Å²) in [7, 11) is -2.94. The zero-order valence-corrected chi connectivity index (χ0v) is 21.8. The second kappa shape index (κ2) is 14.4. The lowest BCUT2D eigenvalue weighted by molar-refractivity contribution is 0.424. The molecule has 0 heterocycles. The van der Waals surface area contributed by atoms with Gasteiger partial charge in [0.05, 0.1) is 0 Å². The maximum Gasteiger partial charge on any atom is 0.488 e. The molecular formula is C30H40B2O4. The van der Waals surface area contributed by atoms with Crippen LogP contribution in [-0.2, 0) is 12.8 Å². The molecule has 3 aromatic carbocycles. The molecule has 190 valence electrons. The molecule has 4 nitrogen and oxygen atoms in total. The van der Waals surface area contributed by atoms with Gasteiger partial charge in [-0.15, -0.1) is 0 Å². The molecule has 0 bridgehead atoms. The van der Waals surface area contributed by atoms with Crippen molar-refractivity contribution in [2.75, 3.05) is 0 Å². The number of rotatable bonds is 14. The third-order valence-corrected chi connectivity index (χ3v) is 6.97. The topological polar surface area (TPSA) is 80.9 Å². The minimum atomic E-state index is -1.47. The average molecular weight is 486 g/mol. The molecule has 0 radical (unpaired) electrons. The normalized spacial score (nSPS) is 11.1. The van der Waals surface area contributed by atoms with Gasteiger partial charge in [-0.25, -0.2) is 0 Å². The minimum absolute atomic E-state index is 0.491. The van der Waals surface area contributed by atoms with E-state index in [1.807, 2.05) is 24.3 Å². The van der Waals surface area contributed by atoms with Crippen LogP contribution < -0.4 is 10.9 Å². The largest absolute Gasteiger partial charge is 0.488 e. The van der Waals surface area contributed by atoms with Gasteiger partial charge in [0.15, 0.2) is 0 Å². The van der Waals surface area contributed by atoms with Gasteiger partial charge in [0.1, 0.15) is 0 Å². The van der Waals surface area contributed by atoms with E-state index in [0.29, 0.717) is 10.9 Å². The summed E-state index contributed by atoms with van der Waals surface area (Å²) in [6, 6.07) is 19.7. The summed E-state index contributed by atoms with van der Waals surface area (Å²) in [5.74, 6) is 0. The van der Waals surface area contributed by atoms with Crippen molar-refractivity contribution in [1.82, 2.24) is 0 Å². The van der Waals surface area contributed by atoms with Crippen LogP contribution in [0.2, 0.25) is 0 Å².